The minimum Gasteiger partial charge on any atom is -0.380 e. The Bertz CT molecular complexity index is 393. The first-order valence-corrected chi connectivity index (χ1v) is 6.95. The van der Waals surface area contributed by atoms with Gasteiger partial charge in [0.05, 0.1) is 11.4 Å². The molecule has 0 saturated carbocycles. The Morgan fingerprint density at radius 3 is 2.50 bits per heavy atom. The van der Waals surface area contributed by atoms with Crippen LogP contribution >= 0.6 is 15.9 Å². The predicted molar refractivity (Wildman–Crippen MR) is 76.6 cm³/mol. The van der Waals surface area contributed by atoms with E-state index in [9.17, 15) is 4.79 Å². The Labute approximate surface area is 117 Å². The van der Waals surface area contributed by atoms with Crippen LogP contribution in [-0.2, 0) is 22.7 Å². The molecule has 1 aromatic carbocycles. The molecule has 1 amide bonds. The number of carbonyl (C=O) groups is 1. The molecule has 100 valence electrons. The van der Waals surface area contributed by atoms with Crippen LogP contribution in [0.5, 0.6) is 0 Å². The number of nitrogens with one attached hydrogen (secondary N) is 1. The average Bonchev–Trinajstić information content (AvgIpc) is 2.36. The van der Waals surface area contributed by atoms with Gasteiger partial charge in [0.15, 0.2) is 0 Å². The highest BCUT2D eigenvalue weighted by Gasteiger charge is 2.18. The molecule has 0 heterocycles. The zero-order chi connectivity index (χ0) is 13.5. The topological polar surface area (TPSA) is 38.3 Å². The van der Waals surface area contributed by atoms with Crippen LogP contribution in [0.4, 0.5) is 0 Å². The molecule has 1 rings (SSSR count). The van der Waals surface area contributed by atoms with Gasteiger partial charge in [-0.25, -0.2) is 0 Å². The third kappa shape index (κ3) is 4.42. The maximum absolute atomic E-state index is 11.8. The maximum atomic E-state index is 11.8. The second-order valence-corrected chi connectivity index (χ2v) is 5.55. The van der Waals surface area contributed by atoms with Gasteiger partial charge in [-0.3, -0.25) is 4.79 Å². The van der Waals surface area contributed by atoms with E-state index >= 15 is 0 Å². The summed E-state index contributed by atoms with van der Waals surface area (Å²) in [6, 6.07) is 7.96. The van der Waals surface area contributed by atoms with Gasteiger partial charge in [-0.15, -0.1) is 0 Å². The summed E-state index contributed by atoms with van der Waals surface area (Å²) in [7, 11) is 1.67. The van der Waals surface area contributed by atoms with Crippen LogP contribution in [0.25, 0.3) is 0 Å². The van der Waals surface area contributed by atoms with Gasteiger partial charge in [-0.1, -0.05) is 54.0 Å². The minimum absolute atomic E-state index is 0.0252. The summed E-state index contributed by atoms with van der Waals surface area (Å²) in [5.41, 5.74) is 2.20. The largest absolute Gasteiger partial charge is 0.380 e. The number of amides is 1. The van der Waals surface area contributed by atoms with Crippen LogP contribution in [0.3, 0.4) is 0 Å². The van der Waals surface area contributed by atoms with Gasteiger partial charge < -0.3 is 10.1 Å². The van der Waals surface area contributed by atoms with E-state index in [1.165, 1.54) is 0 Å². The second-order valence-electron chi connectivity index (χ2n) is 4.57. The van der Waals surface area contributed by atoms with E-state index in [1.807, 2.05) is 38.1 Å². The average molecular weight is 314 g/mol. The van der Waals surface area contributed by atoms with E-state index in [-0.39, 0.29) is 16.7 Å². The standard InChI is InChI=1S/C14H20BrNO2/c1-10(2)13(15)14(17)16-8-11-6-4-5-7-12(11)9-18-3/h4-7,10,13H,8-9H2,1-3H3,(H,16,17). The minimum atomic E-state index is -0.146. The Hall–Kier alpha value is -0.870. The summed E-state index contributed by atoms with van der Waals surface area (Å²) in [5.74, 6) is 0.302. The van der Waals surface area contributed by atoms with Crippen LogP contribution in [0.2, 0.25) is 0 Å². The molecule has 0 aliphatic rings. The van der Waals surface area contributed by atoms with Gasteiger partial charge in [0.1, 0.15) is 0 Å². The Morgan fingerprint density at radius 2 is 1.94 bits per heavy atom. The lowest BCUT2D eigenvalue weighted by molar-refractivity contribution is -0.121. The number of rotatable bonds is 6. The number of methoxy groups -OCH3 is 1. The Kier molecular flexibility index (Phi) is 6.36. The van der Waals surface area contributed by atoms with Crippen LogP contribution in [-0.4, -0.2) is 17.8 Å². The highest BCUT2D eigenvalue weighted by Crippen LogP contribution is 2.13. The fourth-order valence-corrected chi connectivity index (χ4v) is 1.77. The highest BCUT2D eigenvalue weighted by atomic mass is 79.9. The van der Waals surface area contributed by atoms with Crippen molar-refractivity contribution in [3.8, 4) is 0 Å². The lowest BCUT2D eigenvalue weighted by atomic mass is 10.1. The van der Waals surface area contributed by atoms with E-state index in [0.717, 1.165) is 11.1 Å². The lowest BCUT2D eigenvalue weighted by Gasteiger charge is -2.15. The van der Waals surface area contributed by atoms with Crippen molar-refractivity contribution >= 4 is 21.8 Å². The molecule has 0 spiro atoms. The first-order valence-electron chi connectivity index (χ1n) is 6.03. The number of ether oxygens (including phenoxy) is 1. The van der Waals surface area contributed by atoms with Crippen molar-refractivity contribution in [2.75, 3.05) is 7.11 Å². The molecular weight excluding hydrogens is 294 g/mol. The van der Waals surface area contributed by atoms with Gasteiger partial charge in [0.2, 0.25) is 5.91 Å². The quantitative estimate of drug-likeness (QED) is 0.820. The fourth-order valence-electron chi connectivity index (χ4n) is 1.61. The molecule has 0 aliphatic carbocycles. The summed E-state index contributed by atoms with van der Waals surface area (Å²) in [5, 5.41) is 2.94. The summed E-state index contributed by atoms with van der Waals surface area (Å²) in [4.78, 5) is 11.7. The van der Waals surface area contributed by atoms with Crippen molar-refractivity contribution in [2.24, 2.45) is 5.92 Å². The van der Waals surface area contributed by atoms with Crippen LogP contribution < -0.4 is 5.32 Å². The number of carbonyl (C=O) groups excluding carboxylic acids is 1. The van der Waals surface area contributed by atoms with E-state index in [0.29, 0.717) is 13.2 Å². The van der Waals surface area contributed by atoms with Gasteiger partial charge >= 0.3 is 0 Å². The van der Waals surface area contributed by atoms with E-state index in [1.54, 1.807) is 7.11 Å². The first kappa shape index (κ1) is 15.2. The molecule has 0 fully saturated rings. The number of hydrogen-bond donors (Lipinski definition) is 1. The van der Waals surface area contributed by atoms with Crippen molar-refractivity contribution < 1.29 is 9.53 Å². The van der Waals surface area contributed by atoms with Crippen molar-refractivity contribution in [3.05, 3.63) is 35.4 Å². The molecular formula is C14H20BrNO2. The third-order valence-electron chi connectivity index (χ3n) is 2.71. The summed E-state index contributed by atoms with van der Waals surface area (Å²) in [6.45, 7) is 5.12. The summed E-state index contributed by atoms with van der Waals surface area (Å²) in [6.07, 6.45) is 0. The van der Waals surface area contributed by atoms with Crippen molar-refractivity contribution in [3.63, 3.8) is 0 Å². The molecule has 4 heteroatoms. The van der Waals surface area contributed by atoms with Gasteiger partial charge in [-0.05, 0) is 17.0 Å². The maximum Gasteiger partial charge on any atom is 0.234 e. The van der Waals surface area contributed by atoms with Gasteiger partial charge in [0, 0.05) is 13.7 Å². The molecule has 0 radical (unpaired) electrons. The molecule has 1 N–H and O–H groups in total. The Balaban J connectivity index is 2.60. The van der Waals surface area contributed by atoms with Crippen LogP contribution in [0.1, 0.15) is 25.0 Å². The smallest absolute Gasteiger partial charge is 0.234 e. The van der Waals surface area contributed by atoms with E-state index < -0.39 is 0 Å². The van der Waals surface area contributed by atoms with Crippen molar-refractivity contribution in [1.82, 2.24) is 5.32 Å². The number of benzene rings is 1. The van der Waals surface area contributed by atoms with Gasteiger partial charge in [0.25, 0.3) is 0 Å². The number of hydrogen-bond acceptors (Lipinski definition) is 2. The normalized spacial score (nSPS) is 12.5. The van der Waals surface area contributed by atoms with Crippen LogP contribution in [0, 0.1) is 5.92 Å². The van der Waals surface area contributed by atoms with Crippen molar-refractivity contribution in [1.29, 1.82) is 0 Å². The Morgan fingerprint density at radius 1 is 1.33 bits per heavy atom. The monoisotopic (exact) mass is 313 g/mol. The van der Waals surface area contributed by atoms with E-state index in [4.69, 9.17) is 4.74 Å². The molecule has 1 aromatic rings. The summed E-state index contributed by atoms with van der Waals surface area (Å²) >= 11 is 3.39. The molecule has 0 saturated heterocycles. The van der Waals surface area contributed by atoms with Crippen LogP contribution in [0.15, 0.2) is 24.3 Å². The molecule has 1 unspecified atom stereocenters. The molecule has 0 bridgehead atoms. The van der Waals surface area contributed by atoms with Gasteiger partial charge in [-0.2, -0.15) is 0 Å². The third-order valence-corrected chi connectivity index (χ3v) is 4.18. The van der Waals surface area contributed by atoms with Crippen molar-refractivity contribution in [2.45, 2.75) is 31.8 Å². The molecule has 18 heavy (non-hydrogen) atoms. The molecule has 0 aromatic heterocycles. The number of alkyl halides is 1. The zero-order valence-corrected chi connectivity index (χ0v) is 12.7. The first-order chi connectivity index (χ1) is 8.56. The molecule has 1 atom stereocenters. The van der Waals surface area contributed by atoms with E-state index in [2.05, 4.69) is 21.2 Å². The fraction of sp³-hybridized carbons (Fsp3) is 0.500. The molecule has 0 aliphatic heterocycles. The lowest BCUT2D eigenvalue weighted by Crippen LogP contribution is -2.33. The number of halogens is 1. The SMILES string of the molecule is COCc1ccccc1CNC(=O)C(Br)C(C)C. The highest BCUT2D eigenvalue weighted by molar-refractivity contribution is 9.10. The molecule has 3 nitrogen and oxygen atoms in total. The summed E-state index contributed by atoms with van der Waals surface area (Å²) < 4.78 is 5.14. The zero-order valence-electron chi connectivity index (χ0n) is 11.1. The second kappa shape index (κ2) is 7.54. The predicted octanol–water partition coefficient (Wildman–Crippen LogP) is 2.87.